The highest BCUT2D eigenvalue weighted by Gasteiger charge is 2.39. The van der Waals surface area contributed by atoms with Crippen LogP contribution in [0.5, 0.6) is 0 Å². The van der Waals surface area contributed by atoms with Gasteiger partial charge in [0.25, 0.3) is 0 Å². The van der Waals surface area contributed by atoms with Crippen LogP contribution in [-0.4, -0.2) is 39.3 Å². The van der Waals surface area contributed by atoms with Gasteiger partial charge in [0.05, 0.1) is 24.3 Å². The number of rotatable bonds is 6. The van der Waals surface area contributed by atoms with Crippen LogP contribution in [0.3, 0.4) is 0 Å². The third-order valence-corrected chi connectivity index (χ3v) is 9.20. The van der Waals surface area contributed by atoms with Gasteiger partial charge in [-0.05, 0) is 76.9 Å². The van der Waals surface area contributed by atoms with Crippen LogP contribution in [0.2, 0.25) is 0 Å². The summed E-state index contributed by atoms with van der Waals surface area (Å²) < 4.78 is 14.9. The molecule has 1 aliphatic heterocycles. The second-order valence-corrected chi connectivity index (χ2v) is 11.6. The first-order valence-corrected chi connectivity index (χ1v) is 14.9. The highest BCUT2D eigenvalue weighted by molar-refractivity contribution is 5.87. The summed E-state index contributed by atoms with van der Waals surface area (Å²) in [5, 5.41) is 2.39. The number of amides is 1. The molecule has 2 heterocycles. The number of hydrogen-bond donors (Lipinski definition) is 0. The van der Waals surface area contributed by atoms with Crippen LogP contribution in [0, 0.1) is 5.82 Å². The molecule has 0 saturated heterocycles. The van der Waals surface area contributed by atoms with Crippen molar-refractivity contribution in [2.75, 3.05) is 6.54 Å². The Bertz CT molecular complexity index is 1740. The van der Waals surface area contributed by atoms with E-state index in [-0.39, 0.29) is 30.4 Å². The van der Waals surface area contributed by atoms with E-state index < -0.39 is 6.04 Å². The maximum atomic E-state index is 14.9. The number of benzene rings is 4. The summed E-state index contributed by atoms with van der Waals surface area (Å²) in [4.78, 5) is 23.3. The molecule has 5 aromatic rings. The monoisotopic (exact) mass is 555 g/mol. The van der Waals surface area contributed by atoms with E-state index in [1.54, 1.807) is 12.3 Å². The number of carbonyl (C=O) groups excluding carboxylic acids is 1. The fraction of sp³-hybridized carbons (Fsp3) is 0.243. The van der Waals surface area contributed by atoms with E-state index in [4.69, 9.17) is 0 Å². The van der Waals surface area contributed by atoms with Crippen LogP contribution in [0.25, 0.3) is 10.8 Å². The van der Waals surface area contributed by atoms with E-state index >= 15 is 0 Å². The Morgan fingerprint density at radius 3 is 2.31 bits per heavy atom. The maximum absolute atomic E-state index is 14.9. The lowest BCUT2D eigenvalue weighted by Gasteiger charge is -2.43. The predicted molar refractivity (Wildman–Crippen MR) is 164 cm³/mol. The molecule has 42 heavy (non-hydrogen) atoms. The molecule has 5 heteroatoms. The quantitative estimate of drug-likeness (QED) is 0.229. The van der Waals surface area contributed by atoms with Crippen LogP contribution >= 0.6 is 0 Å². The Labute approximate surface area is 246 Å². The van der Waals surface area contributed by atoms with E-state index in [2.05, 4.69) is 88.7 Å². The van der Waals surface area contributed by atoms with Crippen LogP contribution in [0.4, 0.5) is 4.39 Å². The number of hydrogen-bond acceptors (Lipinski definition) is 3. The van der Waals surface area contributed by atoms with Crippen molar-refractivity contribution >= 4 is 16.7 Å². The third kappa shape index (κ3) is 4.78. The Balaban J connectivity index is 1.28. The van der Waals surface area contributed by atoms with Crippen molar-refractivity contribution in [2.24, 2.45) is 0 Å². The Kier molecular flexibility index (Phi) is 7.04. The highest BCUT2D eigenvalue weighted by atomic mass is 19.1. The highest BCUT2D eigenvalue weighted by Crippen LogP contribution is 2.40. The van der Waals surface area contributed by atoms with Gasteiger partial charge in [-0.2, -0.15) is 0 Å². The molecule has 1 aromatic heterocycles. The minimum absolute atomic E-state index is 0.0162. The Morgan fingerprint density at radius 1 is 0.857 bits per heavy atom. The van der Waals surface area contributed by atoms with Gasteiger partial charge in [0.2, 0.25) is 5.91 Å². The van der Waals surface area contributed by atoms with Crippen molar-refractivity contribution in [3.8, 4) is 0 Å². The number of carbonyl (C=O) groups is 1. The summed E-state index contributed by atoms with van der Waals surface area (Å²) >= 11 is 0. The van der Waals surface area contributed by atoms with Crippen molar-refractivity contribution in [2.45, 2.75) is 50.9 Å². The second kappa shape index (κ2) is 11.1. The maximum Gasteiger partial charge on any atom is 0.240 e. The van der Waals surface area contributed by atoms with Crippen LogP contribution in [-0.2, 0) is 30.6 Å². The van der Waals surface area contributed by atoms with Gasteiger partial charge in [-0.3, -0.25) is 14.7 Å². The summed E-state index contributed by atoms with van der Waals surface area (Å²) in [7, 11) is 0. The van der Waals surface area contributed by atoms with E-state index in [0.717, 1.165) is 25.8 Å². The van der Waals surface area contributed by atoms with Crippen molar-refractivity contribution in [3.05, 3.63) is 149 Å². The average molecular weight is 556 g/mol. The van der Waals surface area contributed by atoms with E-state index in [9.17, 15) is 9.18 Å². The molecule has 1 aliphatic carbocycles. The molecule has 0 saturated carbocycles. The van der Waals surface area contributed by atoms with Gasteiger partial charge in [-0.15, -0.1) is 0 Å². The van der Waals surface area contributed by atoms with Gasteiger partial charge < -0.3 is 4.90 Å². The van der Waals surface area contributed by atoms with Gasteiger partial charge in [0, 0.05) is 18.8 Å². The lowest BCUT2D eigenvalue weighted by atomic mass is 9.85. The van der Waals surface area contributed by atoms with Crippen LogP contribution in [0.1, 0.15) is 46.5 Å². The fourth-order valence-corrected chi connectivity index (χ4v) is 7.06. The molecule has 0 bridgehead atoms. The molecule has 210 valence electrons. The molecule has 1 amide bonds. The first kappa shape index (κ1) is 26.5. The molecule has 4 aromatic carbocycles. The van der Waals surface area contributed by atoms with Crippen molar-refractivity contribution in [1.82, 2.24) is 14.8 Å². The zero-order chi connectivity index (χ0) is 28.6. The summed E-state index contributed by atoms with van der Waals surface area (Å²) in [6.07, 6.45) is 4.00. The molecule has 0 unspecified atom stereocenters. The van der Waals surface area contributed by atoms with Gasteiger partial charge in [-0.25, -0.2) is 4.39 Å². The Morgan fingerprint density at radius 2 is 1.52 bits per heavy atom. The van der Waals surface area contributed by atoms with Crippen molar-refractivity contribution in [3.63, 3.8) is 0 Å². The normalized spacial score (nSPS) is 17.5. The van der Waals surface area contributed by atoms with E-state index in [0.29, 0.717) is 5.69 Å². The first-order chi connectivity index (χ1) is 20.6. The second-order valence-electron chi connectivity index (χ2n) is 11.6. The average Bonchev–Trinajstić information content (AvgIpc) is 3.47. The predicted octanol–water partition coefficient (Wildman–Crippen LogP) is 6.91. The van der Waals surface area contributed by atoms with Gasteiger partial charge in [-0.1, -0.05) is 91.0 Å². The SMILES string of the molecule is C[C@@H](C(=O)N(Cc1ncccc1F)C1Cc2ccccc2C1)N1CCc2ccccc2[C@@H]1c1cccc2ccccc12. The molecule has 7 rings (SSSR count). The summed E-state index contributed by atoms with van der Waals surface area (Å²) in [6, 6.07) is 34.4. The lowest BCUT2D eigenvalue weighted by Crippen LogP contribution is -2.53. The van der Waals surface area contributed by atoms with E-state index in [1.165, 1.54) is 44.7 Å². The fourth-order valence-electron chi connectivity index (χ4n) is 7.06. The van der Waals surface area contributed by atoms with Crippen molar-refractivity contribution in [1.29, 1.82) is 0 Å². The standard InChI is InChI=1S/C37H34FN3O/c1-25(37(42)41(24-35-34(38)18-9-20-39-35)30-22-28-12-2-3-13-29(28)23-30)40-21-19-27-11-5-7-16-32(27)36(40)33-17-8-14-26-10-4-6-15-31(26)33/h2-18,20,25,30,36H,19,21-24H2,1H3/t25-,36+/m0/s1. The van der Waals surface area contributed by atoms with Crippen LogP contribution < -0.4 is 0 Å². The summed E-state index contributed by atoms with van der Waals surface area (Å²) in [5.74, 6) is -0.360. The molecule has 4 nitrogen and oxygen atoms in total. The topological polar surface area (TPSA) is 36.4 Å². The summed E-state index contributed by atoms with van der Waals surface area (Å²) in [6.45, 7) is 2.94. The number of aromatic nitrogens is 1. The Hall–Kier alpha value is -4.35. The van der Waals surface area contributed by atoms with Gasteiger partial charge in [0.15, 0.2) is 0 Å². The number of fused-ring (bicyclic) bond motifs is 3. The molecule has 0 spiro atoms. The van der Waals surface area contributed by atoms with E-state index in [1.807, 2.05) is 24.0 Å². The third-order valence-electron chi connectivity index (χ3n) is 9.20. The minimum atomic E-state index is -0.419. The number of halogens is 1. The van der Waals surface area contributed by atoms with Gasteiger partial charge in [0.1, 0.15) is 5.82 Å². The lowest BCUT2D eigenvalue weighted by molar-refractivity contribution is -0.140. The number of nitrogens with zero attached hydrogens (tertiary/aromatic N) is 3. The minimum Gasteiger partial charge on any atom is -0.332 e. The molecule has 0 fully saturated rings. The molecular formula is C37H34FN3O. The summed E-state index contributed by atoms with van der Waals surface area (Å²) in [5.41, 5.74) is 6.60. The molecular weight excluding hydrogens is 521 g/mol. The van der Waals surface area contributed by atoms with Crippen molar-refractivity contribution < 1.29 is 9.18 Å². The molecule has 2 aliphatic rings. The van der Waals surface area contributed by atoms with Gasteiger partial charge >= 0.3 is 0 Å². The zero-order valence-electron chi connectivity index (χ0n) is 23.8. The zero-order valence-corrected chi connectivity index (χ0v) is 23.8. The molecule has 2 atom stereocenters. The molecule has 0 N–H and O–H groups in total. The molecule has 0 radical (unpaired) electrons. The number of pyridine rings is 1. The van der Waals surface area contributed by atoms with Crippen LogP contribution in [0.15, 0.2) is 109 Å². The largest absolute Gasteiger partial charge is 0.332 e. The first-order valence-electron chi connectivity index (χ1n) is 14.9. The smallest absolute Gasteiger partial charge is 0.240 e.